The minimum Gasteiger partial charge on any atom is -0.489 e. The molecule has 0 unspecified atom stereocenters. The molecule has 1 heterocycles. The van der Waals surface area contributed by atoms with Gasteiger partial charge in [-0.2, -0.15) is 0 Å². The summed E-state index contributed by atoms with van der Waals surface area (Å²) in [7, 11) is 0. The van der Waals surface area contributed by atoms with Gasteiger partial charge >= 0.3 is 0 Å². The van der Waals surface area contributed by atoms with Gasteiger partial charge in [0.1, 0.15) is 17.9 Å². The number of ether oxygens (including phenoxy) is 1. The van der Waals surface area contributed by atoms with Crippen molar-refractivity contribution < 1.29 is 9.53 Å². The molecule has 1 amide bonds. The number of hydrogen-bond donors (Lipinski definition) is 1. The van der Waals surface area contributed by atoms with E-state index in [0.717, 1.165) is 16.7 Å². The van der Waals surface area contributed by atoms with E-state index in [-0.39, 0.29) is 5.91 Å². The Morgan fingerprint density at radius 3 is 2.90 bits per heavy atom. The summed E-state index contributed by atoms with van der Waals surface area (Å²) in [6, 6.07) is 8.14. The molecule has 0 radical (unpaired) electrons. The summed E-state index contributed by atoms with van der Waals surface area (Å²) in [6.45, 7) is 6.73. The van der Waals surface area contributed by atoms with Gasteiger partial charge in [-0.05, 0) is 29.7 Å². The molecule has 0 spiro atoms. The Morgan fingerprint density at radius 2 is 2.20 bits per heavy atom. The van der Waals surface area contributed by atoms with Crippen molar-refractivity contribution in [1.82, 2.24) is 10.3 Å². The molecule has 0 atom stereocenters. The van der Waals surface area contributed by atoms with Crippen LogP contribution in [0.15, 0.2) is 30.5 Å². The third-order valence-corrected chi connectivity index (χ3v) is 3.09. The van der Waals surface area contributed by atoms with Gasteiger partial charge in [-0.15, -0.1) is 0 Å². The average Bonchev–Trinajstić information content (AvgIpc) is 2.42. The first-order chi connectivity index (χ1) is 9.58. The van der Waals surface area contributed by atoms with E-state index in [2.05, 4.69) is 30.2 Å². The molecular formula is C16H20N2O2. The van der Waals surface area contributed by atoms with Gasteiger partial charge in [0.15, 0.2) is 0 Å². The van der Waals surface area contributed by atoms with Gasteiger partial charge in [0.05, 0.1) is 6.54 Å². The van der Waals surface area contributed by atoms with Crippen molar-refractivity contribution in [2.45, 2.75) is 26.7 Å². The first-order valence-corrected chi connectivity index (χ1v) is 6.84. The molecule has 0 fully saturated rings. The Morgan fingerprint density at radius 1 is 1.40 bits per heavy atom. The number of pyridine rings is 1. The lowest BCUT2D eigenvalue weighted by Crippen LogP contribution is -2.25. The second-order valence-electron chi connectivity index (χ2n) is 5.08. The summed E-state index contributed by atoms with van der Waals surface area (Å²) in [5.74, 6) is 1.15. The van der Waals surface area contributed by atoms with Crippen molar-refractivity contribution in [3.8, 4) is 5.75 Å². The van der Waals surface area contributed by atoms with Crippen LogP contribution >= 0.6 is 0 Å². The molecule has 20 heavy (non-hydrogen) atoms. The lowest BCUT2D eigenvalue weighted by molar-refractivity contribution is -0.119. The second kappa shape index (κ2) is 6.37. The monoisotopic (exact) mass is 272 g/mol. The van der Waals surface area contributed by atoms with Gasteiger partial charge < -0.3 is 10.1 Å². The predicted molar refractivity (Wildman–Crippen MR) is 80.0 cm³/mol. The Bertz CT molecular complexity index is 608. The molecule has 106 valence electrons. The fraction of sp³-hybridized carbons (Fsp3) is 0.375. The largest absolute Gasteiger partial charge is 0.489 e. The molecule has 0 aliphatic rings. The van der Waals surface area contributed by atoms with Crippen LogP contribution in [0.3, 0.4) is 0 Å². The molecule has 0 aliphatic heterocycles. The van der Waals surface area contributed by atoms with Crippen molar-refractivity contribution in [3.63, 3.8) is 0 Å². The van der Waals surface area contributed by atoms with E-state index in [1.165, 1.54) is 12.5 Å². The molecule has 2 aromatic rings. The number of carbonyl (C=O) groups is 1. The normalized spacial score (nSPS) is 10.8. The topological polar surface area (TPSA) is 51.2 Å². The molecule has 2 rings (SSSR count). The molecular weight excluding hydrogens is 252 g/mol. The van der Waals surface area contributed by atoms with Gasteiger partial charge in [-0.25, -0.2) is 0 Å². The van der Waals surface area contributed by atoms with E-state index in [4.69, 9.17) is 4.74 Å². The highest BCUT2D eigenvalue weighted by molar-refractivity contribution is 5.85. The van der Waals surface area contributed by atoms with Crippen LogP contribution in [0.5, 0.6) is 5.75 Å². The number of carbonyl (C=O) groups excluding carboxylic acids is 1. The quantitative estimate of drug-likeness (QED) is 0.851. The van der Waals surface area contributed by atoms with Crippen molar-refractivity contribution >= 4 is 16.8 Å². The Balaban J connectivity index is 2.23. The minimum absolute atomic E-state index is 0.0486. The number of amides is 1. The molecule has 1 N–H and O–H groups in total. The molecule has 1 aromatic heterocycles. The Labute approximate surface area is 119 Å². The number of benzene rings is 1. The van der Waals surface area contributed by atoms with E-state index in [9.17, 15) is 4.79 Å². The fourth-order valence-electron chi connectivity index (χ4n) is 2.01. The lowest BCUT2D eigenvalue weighted by Gasteiger charge is -2.13. The van der Waals surface area contributed by atoms with Gasteiger partial charge in [0, 0.05) is 18.5 Å². The summed E-state index contributed by atoms with van der Waals surface area (Å²) in [5.41, 5.74) is 2.08. The zero-order valence-electron chi connectivity index (χ0n) is 12.1. The van der Waals surface area contributed by atoms with Crippen LogP contribution in [0.2, 0.25) is 0 Å². The number of nitrogens with one attached hydrogen (secondary N) is 1. The van der Waals surface area contributed by atoms with E-state index < -0.39 is 0 Å². The van der Waals surface area contributed by atoms with E-state index >= 15 is 0 Å². The number of nitrogens with zero attached hydrogens (tertiary/aromatic N) is 1. The van der Waals surface area contributed by atoms with Crippen molar-refractivity contribution in [1.29, 1.82) is 0 Å². The minimum atomic E-state index is -0.0486. The standard InChI is InChI=1S/C16H20N2O2/c1-11(2)14-9-13-5-4-6-18-16(13)15(10-14)20-8-7-17-12(3)19/h4-6,9-11H,7-8H2,1-3H3,(H,17,19). The molecule has 4 heteroatoms. The van der Waals surface area contributed by atoms with Gasteiger partial charge in [0.2, 0.25) is 5.91 Å². The number of rotatable bonds is 5. The summed E-state index contributed by atoms with van der Waals surface area (Å²) in [4.78, 5) is 15.2. The zero-order chi connectivity index (χ0) is 14.5. The molecule has 0 saturated carbocycles. The Hall–Kier alpha value is -2.10. The maximum Gasteiger partial charge on any atom is 0.216 e. The van der Waals surface area contributed by atoms with Crippen LogP contribution in [-0.4, -0.2) is 24.0 Å². The summed E-state index contributed by atoms with van der Waals surface area (Å²) in [5, 5.41) is 3.79. The molecule has 0 saturated heterocycles. The zero-order valence-corrected chi connectivity index (χ0v) is 12.1. The Kier molecular flexibility index (Phi) is 4.56. The third-order valence-electron chi connectivity index (χ3n) is 3.09. The van der Waals surface area contributed by atoms with E-state index in [0.29, 0.717) is 19.1 Å². The number of fused-ring (bicyclic) bond motifs is 1. The van der Waals surface area contributed by atoms with E-state index in [1.54, 1.807) is 6.20 Å². The third kappa shape index (κ3) is 3.47. The maximum absolute atomic E-state index is 10.8. The van der Waals surface area contributed by atoms with Crippen LogP contribution in [0.4, 0.5) is 0 Å². The molecule has 0 bridgehead atoms. The molecule has 1 aromatic carbocycles. The number of aromatic nitrogens is 1. The van der Waals surface area contributed by atoms with Gasteiger partial charge in [-0.1, -0.05) is 19.9 Å². The highest BCUT2D eigenvalue weighted by Gasteiger charge is 2.08. The summed E-state index contributed by atoms with van der Waals surface area (Å²) < 4.78 is 5.78. The van der Waals surface area contributed by atoms with Gasteiger partial charge in [-0.3, -0.25) is 9.78 Å². The van der Waals surface area contributed by atoms with Crippen molar-refractivity contribution in [2.75, 3.05) is 13.2 Å². The van der Waals surface area contributed by atoms with Crippen LogP contribution in [0, 0.1) is 0 Å². The van der Waals surface area contributed by atoms with Crippen LogP contribution < -0.4 is 10.1 Å². The predicted octanol–water partition coefficient (Wildman–Crippen LogP) is 2.87. The SMILES string of the molecule is CC(=O)NCCOc1cc(C(C)C)cc2cccnc12. The van der Waals surface area contributed by atoms with Gasteiger partial charge in [0.25, 0.3) is 0 Å². The first kappa shape index (κ1) is 14.3. The highest BCUT2D eigenvalue weighted by atomic mass is 16.5. The molecule has 4 nitrogen and oxygen atoms in total. The smallest absolute Gasteiger partial charge is 0.216 e. The summed E-state index contributed by atoms with van der Waals surface area (Å²) >= 11 is 0. The van der Waals surface area contributed by atoms with Crippen molar-refractivity contribution in [2.24, 2.45) is 0 Å². The highest BCUT2D eigenvalue weighted by Crippen LogP contribution is 2.29. The maximum atomic E-state index is 10.8. The second-order valence-corrected chi connectivity index (χ2v) is 5.08. The number of hydrogen-bond acceptors (Lipinski definition) is 3. The van der Waals surface area contributed by atoms with Crippen LogP contribution in [0.25, 0.3) is 10.9 Å². The first-order valence-electron chi connectivity index (χ1n) is 6.84. The van der Waals surface area contributed by atoms with Crippen LogP contribution in [-0.2, 0) is 4.79 Å². The fourth-order valence-corrected chi connectivity index (χ4v) is 2.01. The van der Waals surface area contributed by atoms with Crippen LogP contribution in [0.1, 0.15) is 32.3 Å². The lowest BCUT2D eigenvalue weighted by atomic mass is 10.0. The summed E-state index contributed by atoms with van der Waals surface area (Å²) in [6.07, 6.45) is 1.76. The van der Waals surface area contributed by atoms with Crippen molar-refractivity contribution in [3.05, 3.63) is 36.0 Å². The average molecular weight is 272 g/mol. The molecule has 0 aliphatic carbocycles. The van der Waals surface area contributed by atoms with E-state index in [1.807, 2.05) is 18.2 Å².